The minimum atomic E-state index is -3.61. The average Bonchev–Trinajstić information content (AvgIpc) is 2.57. The number of sulfonamides is 1. The molecule has 0 spiro atoms. The minimum Gasteiger partial charge on any atom is -0.353 e. The van der Waals surface area contributed by atoms with Gasteiger partial charge in [0.05, 0.1) is 4.90 Å². The molecule has 1 saturated heterocycles. The number of nitrogens with zero attached hydrogens (tertiary/aromatic N) is 1. The third-order valence-corrected chi connectivity index (χ3v) is 5.99. The molecule has 1 aromatic rings. The van der Waals surface area contributed by atoms with E-state index >= 15 is 0 Å². The second-order valence-electron chi connectivity index (χ2n) is 6.29. The Morgan fingerprint density at radius 1 is 1.24 bits per heavy atom. The predicted octanol–water partition coefficient (Wildman–Crippen LogP) is 2.00. The van der Waals surface area contributed by atoms with Crippen LogP contribution in [0.4, 0.5) is 0 Å². The van der Waals surface area contributed by atoms with Crippen molar-refractivity contribution in [2.45, 2.75) is 43.5 Å². The summed E-state index contributed by atoms with van der Waals surface area (Å²) < 4.78 is 26.7. The number of carbonyl (C=O) groups is 1. The summed E-state index contributed by atoms with van der Waals surface area (Å²) in [5.41, 5.74) is 0. The van der Waals surface area contributed by atoms with Crippen molar-refractivity contribution in [3.8, 4) is 0 Å². The summed E-state index contributed by atoms with van der Waals surface area (Å²) in [5.74, 6) is -0.118. The highest BCUT2D eigenvalue weighted by Crippen LogP contribution is 2.14. The smallest absolute Gasteiger partial charge is 0.240 e. The number of rotatable bonds is 8. The zero-order chi connectivity index (χ0) is 18.3. The standard InChI is InChI=1S/C17H26ClN3O3S/c1-2-11-21-12-8-15(9-13-21)20-17(22)7-10-19-25(23,24)16-5-3-14(18)4-6-16/h3-6,15,19H,2,7-13H2,1H3,(H,20,22). The first-order valence-electron chi connectivity index (χ1n) is 8.67. The fourth-order valence-corrected chi connectivity index (χ4v) is 4.07. The molecule has 0 aliphatic carbocycles. The third kappa shape index (κ3) is 6.58. The van der Waals surface area contributed by atoms with Crippen molar-refractivity contribution in [2.75, 3.05) is 26.2 Å². The Morgan fingerprint density at radius 2 is 1.88 bits per heavy atom. The van der Waals surface area contributed by atoms with E-state index in [9.17, 15) is 13.2 Å². The van der Waals surface area contributed by atoms with E-state index in [2.05, 4.69) is 21.9 Å². The SMILES string of the molecule is CCCN1CCC(NC(=O)CCNS(=O)(=O)c2ccc(Cl)cc2)CC1. The van der Waals surface area contributed by atoms with Gasteiger partial charge < -0.3 is 10.2 Å². The summed E-state index contributed by atoms with van der Waals surface area (Å²) in [6.45, 7) is 5.35. The van der Waals surface area contributed by atoms with Crippen molar-refractivity contribution >= 4 is 27.5 Å². The van der Waals surface area contributed by atoms with E-state index in [0.717, 1.165) is 38.9 Å². The summed E-state index contributed by atoms with van der Waals surface area (Å²) in [7, 11) is -3.61. The number of hydrogen-bond donors (Lipinski definition) is 2. The van der Waals surface area contributed by atoms with Crippen LogP contribution in [0.3, 0.4) is 0 Å². The van der Waals surface area contributed by atoms with E-state index in [4.69, 9.17) is 11.6 Å². The van der Waals surface area contributed by atoms with Crippen LogP contribution in [0.5, 0.6) is 0 Å². The average molecular weight is 388 g/mol. The number of benzene rings is 1. The van der Waals surface area contributed by atoms with Gasteiger partial charge in [0.2, 0.25) is 15.9 Å². The lowest BCUT2D eigenvalue weighted by Crippen LogP contribution is -2.45. The Morgan fingerprint density at radius 3 is 2.48 bits per heavy atom. The number of halogens is 1. The summed E-state index contributed by atoms with van der Waals surface area (Å²) in [5, 5.41) is 3.47. The molecule has 0 bridgehead atoms. The summed E-state index contributed by atoms with van der Waals surface area (Å²) in [4.78, 5) is 14.6. The van der Waals surface area contributed by atoms with Crippen molar-refractivity contribution in [1.29, 1.82) is 0 Å². The lowest BCUT2D eigenvalue weighted by molar-refractivity contribution is -0.121. The monoisotopic (exact) mass is 387 g/mol. The first-order valence-corrected chi connectivity index (χ1v) is 10.5. The van der Waals surface area contributed by atoms with Crippen molar-refractivity contribution in [3.63, 3.8) is 0 Å². The molecule has 140 valence electrons. The van der Waals surface area contributed by atoms with E-state index in [1.807, 2.05) is 0 Å². The van der Waals surface area contributed by atoms with Gasteiger partial charge in [-0.1, -0.05) is 18.5 Å². The second-order valence-corrected chi connectivity index (χ2v) is 8.49. The lowest BCUT2D eigenvalue weighted by Gasteiger charge is -2.32. The zero-order valence-corrected chi connectivity index (χ0v) is 16.1. The third-order valence-electron chi connectivity index (χ3n) is 4.26. The molecule has 0 atom stereocenters. The largest absolute Gasteiger partial charge is 0.353 e. The fourth-order valence-electron chi connectivity index (χ4n) is 2.91. The van der Waals surface area contributed by atoms with Crippen LogP contribution in [0.2, 0.25) is 5.02 Å². The van der Waals surface area contributed by atoms with Crippen LogP contribution in [-0.2, 0) is 14.8 Å². The predicted molar refractivity (Wildman–Crippen MR) is 99.2 cm³/mol. The molecule has 1 aromatic carbocycles. The van der Waals surface area contributed by atoms with Crippen molar-refractivity contribution in [1.82, 2.24) is 14.9 Å². The lowest BCUT2D eigenvalue weighted by atomic mass is 10.0. The van der Waals surface area contributed by atoms with E-state index in [-0.39, 0.29) is 29.8 Å². The molecular formula is C17H26ClN3O3S. The zero-order valence-electron chi connectivity index (χ0n) is 14.5. The van der Waals surface area contributed by atoms with E-state index < -0.39 is 10.0 Å². The maximum atomic E-state index is 12.1. The van der Waals surface area contributed by atoms with Gasteiger partial charge in [0, 0.05) is 37.1 Å². The Balaban J connectivity index is 1.71. The number of hydrogen-bond acceptors (Lipinski definition) is 4. The Hall–Kier alpha value is -1.15. The summed E-state index contributed by atoms with van der Waals surface area (Å²) in [6, 6.07) is 6.11. The number of piperidine rings is 1. The Bertz CT molecular complexity index is 656. The molecule has 2 N–H and O–H groups in total. The van der Waals surface area contributed by atoms with Crippen molar-refractivity contribution < 1.29 is 13.2 Å². The molecule has 6 nitrogen and oxygen atoms in total. The van der Waals surface area contributed by atoms with Gasteiger partial charge >= 0.3 is 0 Å². The minimum absolute atomic E-state index is 0.0749. The van der Waals surface area contributed by atoms with E-state index in [0.29, 0.717) is 5.02 Å². The number of nitrogens with one attached hydrogen (secondary N) is 2. The molecule has 0 radical (unpaired) electrons. The van der Waals surface area contributed by atoms with Crippen LogP contribution in [0, 0.1) is 0 Å². The van der Waals surface area contributed by atoms with Crippen LogP contribution < -0.4 is 10.0 Å². The highest BCUT2D eigenvalue weighted by atomic mass is 35.5. The van der Waals surface area contributed by atoms with Crippen LogP contribution in [-0.4, -0.2) is 51.4 Å². The first-order chi connectivity index (χ1) is 11.9. The highest BCUT2D eigenvalue weighted by molar-refractivity contribution is 7.89. The van der Waals surface area contributed by atoms with Crippen molar-refractivity contribution in [3.05, 3.63) is 29.3 Å². The van der Waals surface area contributed by atoms with Gasteiger partial charge in [-0.3, -0.25) is 4.79 Å². The summed E-state index contributed by atoms with van der Waals surface area (Å²) in [6.07, 6.45) is 3.16. The molecule has 1 amide bonds. The molecular weight excluding hydrogens is 362 g/mol. The van der Waals surface area contributed by atoms with Gasteiger partial charge in [-0.05, 0) is 50.1 Å². The number of carbonyl (C=O) groups excluding carboxylic acids is 1. The molecule has 0 aromatic heterocycles. The van der Waals surface area contributed by atoms with E-state index in [1.54, 1.807) is 0 Å². The molecule has 8 heteroatoms. The number of amides is 1. The quantitative estimate of drug-likeness (QED) is 0.715. The molecule has 2 rings (SSSR count). The van der Waals surface area contributed by atoms with E-state index in [1.165, 1.54) is 24.3 Å². The van der Waals surface area contributed by atoms with Gasteiger partial charge in [0.15, 0.2) is 0 Å². The van der Waals surface area contributed by atoms with Gasteiger partial charge in [-0.25, -0.2) is 13.1 Å². The van der Waals surface area contributed by atoms with Gasteiger partial charge in [0.1, 0.15) is 0 Å². The molecule has 1 aliphatic rings. The maximum absolute atomic E-state index is 12.1. The molecule has 1 aliphatic heterocycles. The highest BCUT2D eigenvalue weighted by Gasteiger charge is 2.20. The van der Waals surface area contributed by atoms with Crippen LogP contribution in [0.25, 0.3) is 0 Å². The van der Waals surface area contributed by atoms with Gasteiger partial charge in [-0.15, -0.1) is 0 Å². The van der Waals surface area contributed by atoms with Gasteiger partial charge in [-0.2, -0.15) is 0 Å². The first kappa shape index (κ1) is 20.2. The molecule has 1 fully saturated rings. The molecule has 1 heterocycles. The normalized spacial score (nSPS) is 16.7. The van der Waals surface area contributed by atoms with Gasteiger partial charge in [0.25, 0.3) is 0 Å². The Labute approximate surface area is 155 Å². The maximum Gasteiger partial charge on any atom is 0.240 e. The topological polar surface area (TPSA) is 78.5 Å². The van der Waals surface area contributed by atoms with Crippen LogP contribution >= 0.6 is 11.6 Å². The molecule has 25 heavy (non-hydrogen) atoms. The number of likely N-dealkylation sites (tertiary alicyclic amines) is 1. The van der Waals surface area contributed by atoms with Crippen molar-refractivity contribution in [2.24, 2.45) is 0 Å². The summed E-state index contributed by atoms with van der Waals surface area (Å²) >= 11 is 5.76. The fraction of sp³-hybridized carbons (Fsp3) is 0.588. The Kier molecular flexibility index (Phi) is 7.68. The molecule has 0 unspecified atom stereocenters. The van der Waals surface area contributed by atoms with Crippen LogP contribution in [0.15, 0.2) is 29.2 Å². The second kappa shape index (κ2) is 9.52. The van der Waals surface area contributed by atoms with Crippen LogP contribution in [0.1, 0.15) is 32.6 Å². The molecule has 0 saturated carbocycles.